The van der Waals surface area contributed by atoms with Gasteiger partial charge in [0.2, 0.25) is 5.91 Å². The lowest BCUT2D eigenvalue weighted by atomic mass is 10.0. The van der Waals surface area contributed by atoms with E-state index in [2.05, 4.69) is 4.74 Å². The zero-order chi connectivity index (χ0) is 21.5. The minimum absolute atomic E-state index is 0.00180. The Morgan fingerprint density at radius 3 is 2.80 bits per heavy atom. The van der Waals surface area contributed by atoms with Gasteiger partial charge in [0.15, 0.2) is 11.5 Å². The fraction of sp³-hybridized carbons (Fsp3) is 0.348. The Morgan fingerprint density at radius 2 is 2.07 bits per heavy atom. The third-order valence-corrected chi connectivity index (χ3v) is 4.92. The molecule has 1 aliphatic rings. The molecule has 0 radical (unpaired) electrons. The van der Waals surface area contributed by atoms with Gasteiger partial charge in [-0.25, -0.2) is 0 Å². The van der Waals surface area contributed by atoms with Crippen molar-refractivity contribution in [2.75, 3.05) is 20.3 Å². The third kappa shape index (κ3) is 5.28. The Kier molecular flexibility index (Phi) is 7.27. The lowest BCUT2D eigenvalue weighted by molar-refractivity contribution is -0.126. The molecule has 0 aliphatic carbocycles. The summed E-state index contributed by atoms with van der Waals surface area (Å²) in [5, 5.41) is 0. The van der Waals surface area contributed by atoms with Gasteiger partial charge in [-0.3, -0.25) is 4.79 Å². The second-order valence-electron chi connectivity index (χ2n) is 6.82. The van der Waals surface area contributed by atoms with Crippen LogP contribution in [0.3, 0.4) is 0 Å². The van der Waals surface area contributed by atoms with Gasteiger partial charge >= 0.3 is 6.61 Å². The monoisotopic (exact) mass is 417 g/mol. The summed E-state index contributed by atoms with van der Waals surface area (Å²) < 4.78 is 40.2. The van der Waals surface area contributed by atoms with E-state index in [0.29, 0.717) is 18.7 Å². The summed E-state index contributed by atoms with van der Waals surface area (Å²) in [4.78, 5) is 14.7. The van der Waals surface area contributed by atoms with Gasteiger partial charge < -0.3 is 19.1 Å². The van der Waals surface area contributed by atoms with E-state index in [1.807, 2.05) is 29.2 Å². The molecule has 0 spiro atoms. The van der Waals surface area contributed by atoms with E-state index in [4.69, 9.17) is 9.47 Å². The number of hydrogen-bond donors (Lipinski definition) is 0. The van der Waals surface area contributed by atoms with Gasteiger partial charge in [-0.2, -0.15) is 8.78 Å². The van der Waals surface area contributed by atoms with Gasteiger partial charge in [-0.05, 0) is 61.2 Å². The van der Waals surface area contributed by atoms with E-state index in [0.717, 1.165) is 24.2 Å². The van der Waals surface area contributed by atoms with Crippen molar-refractivity contribution in [2.24, 2.45) is 0 Å². The highest BCUT2D eigenvalue weighted by molar-refractivity contribution is 5.92. The lowest BCUT2D eigenvalue weighted by Crippen LogP contribution is -2.28. The maximum atomic E-state index is 12.8. The summed E-state index contributed by atoms with van der Waals surface area (Å²) >= 11 is 0. The molecule has 2 aromatic rings. The summed E-state index contributed by atoms with van der Waals surface area (Å²) in [7, 11) is 1.62. The van der Waals surface area contributed by atoms with Crippen LogP contribution >= 0.6 is 0 Å². The van der Waals surface area contributed by atoms with Crippen molar-refractivity contribution in [2.45, 2.75) is 32.4 Å². The topological polar surface area (TPSA) is 48.0 Å². The number of benzene rings is 2. The van der Waals surface area contributed by atoms with Gasteiger partial charge in [0.05, 0.1) is 19.8 Å². The van der Waals surface area contributed by atoms with E-state index >= 15 is 0 Å². The van der Waals surface area contributed by atoms with Crippen LogP contribution in [0, 0.1) is 0 Å². The highest BCUT2D eigenvalue weighted by atomic mass is 19.3. The minimum atomic E-state index is -2.93. The number of amides is 1. The quantitative estimate of drug-likeness (QED) is 0.563. The first kappa shape index (κ1) is 21.6. The Hall–Kier alpha value is -3.09. The molecule has 7 heteroatoms. The summed E-state index contributed by atoms with van der Waals surface area (Å²) in [6.45, 7) is -0.196. The number of halogens is 2. The predicted octanol–water partition coefficient (Wildman–Crippen LogP) is 5.07. The molecule has 5 nitrogen and oxygen atoms in total. The minimum Gasteiger partial charge on any atom is -0.497 e. The maximum Gasteiger partial charge on any atom is 0.387 e. The molecule has 1 fully saturated rings. The van der Waals surface area contributed by atoms with Crippen molar-refractivity contribution in [3.05, 3.63) is 59.7 Å². The van der Waals surface area contributed by atoms with Crippen molar-refractivity contribution in [1.82, 2.24) is 4.90 Å². The zero-order valence-electron chi connectivity index (χ0n) is 17.0. The Bertz CT molecular complexity index is 901. The van der Waals surface area contributed by atoms with Crippen LogP contribution in [-0.2, 0) is 4.79 Å². The molecule has 1 amide bonds. The maximum absolute atomic E-state index is 12.8. The standard InChI is InChI=1S/C23H25F2NO4/c1-3-29-21-14-16(9-11-20(21)30-23(24)25)10-12-22(27)26-13-5-8-19(26)17-6-4-7-18(15-17)28-2/h4,6-7,9-12,14-15,19,23H,3,5,8,13H2,1-2H3/b12-10+. The predicted molar refractivity (Wildman–Crippen MR) is 110 cm³/mol. The third-order valence-electron chi connectivity index (χ3n) is 4.92. The molecule has 1 heterocycles. The number of likely N-dealkylation sites (tertiary alicyclic amines) is 1. The number of rotatable bonds is 8. The highest BCUT2D eigenvalue weighted by Gasteiger charge is 2.28. The van der Waals surface area contributed by atoms with E-state index in [1.54, 1.807) is 32.2 Å². The van der Waals surface area contributed by atoms with Gasteiger partial charge in [-0.1, -0.05) is 18.2 Å². The van der Waals surface area contributed by atoms with Gasteiger partial charge in [0.1, 0.15) is 5.75 Å². The molecular weight excluding hydrogens is 392 g/mol. The number of nitrogens with zero attached hydrogens (tertiary/aromatic N) is 1. The van der Waals surface area contributed by atoms with E-state index in [9.17, 15) is 13.6 Å². The molecule has 160 valence electrons. The zero-order valence-corrected chi connectivity index (χ0v) is 17.0. The number of carbonyl (C=O) groups is 1. The molecule has 1 saturated heterocycles. The highest BCUT2D eigenvalue weighted by Crippen LogP contribution is 2.34. The number of methoxy groups -OCH3 is 1. The van der Waals surface area contributed by atoms with Gasteiger partial charge in [-0.15, -0.1) is 0 Å². The summed E-state index contributed by atoms with van der Waals surface area (Å²) in [6, 6.07) is 12.3. The van der Waals surface area contributed by atoms with Crippen molar-refractivity contribution >= 4 is 12.0 Å². The van der Waals surface area contributed by atoms with Crippen molar-refractivity contribution in [1.29, 1.82) is 0 Å². The lowest BCUT2D eigenvalue weighted by Gasteiger charge is -2.24. The van der Waals surface area contributed by atoms with Crippen molar-refractivity contribution < 1.29 is 27.8 Å². The first-order chi connectivity index (χ1) is 14.5. The first-order valence-corrected chi connectivity index (χ1v) is 9.86. The number of alkyl halides is 2. The average Bonchev–Trinajstić information content (AvgIpc) is 3.23. The van der Waals surface area contributed by atoms with Crippen LogP contribution in [0.1, 0.15) is 36.9 Å². The van der Waals surface area contributed by atoms with E-state index in [1.165, 1.54) is 12.1 Å². The summed E-state index contributed by atoms with van der Waals surface area (Å²) in [6.07, 6.45) is 4.96. The molecule has 0 aromatic heterocycles. The second-order valence-corrected chi connectivity index (χ2v) is 6.82. The molecule has 30 heavy (non-hydrogen) atoms. The van der Waals surface area contributed by atoms with Crippen LogP contribution in [0.4, 0.5) is 8.78 Å². The smallest absolute Gasteiger partial charge is 0.387 e. The molecule has 0 saturated carbocycles. The fourth-order valence-electron chi connectivity index (χ4n) is 3.58. The van der Waals surface area contributed by atoms with E-state index < -0.39 is 6.61 Å². The summed E-state index contributed by atoms with van der Waals surface area (Å²) in [5.41, 5.74) is 1.70. The number of hydrogen-bond acceptors (Lipinski definition) is 4. The fourth-order valence-corrected chi connectivity index (χ4v) is 3.58. The van der Waals surface area contributed by atoms with Crippen molar-refractivity contribution in [3.8, 4) is 17.2 Å². The Balaban J connectivity index is 1.75. The first-order valence-electron chi connectivity index (χ1n) is 9.86. The molecule has 1 aliphatic heterocycles. The van der Waals surface area contributed by atoms with E-state index in [-0.39, 0.29) is 23.4 Å². The molecule has 0 N–H and O–H groups in total. The van der Waals surface area contributed by atoms with Crippen LogP contribution in [0.2, 0.25) is 0 Å². The molecule has 1 atom stereocenters. The van der Waals surface area contributed by atoms with Crippen LogP contribution in [0.25, 0.3) is 6.08 Å². The van der Waals surface area contributed by atoms with Crippen LogP contribution in [-0.4, -0.2) is 37.7 Å². The molecule has 1 unspecified atom stereocenters. The van der Waals surface area contributed by atoms with Gasteiger partial charge in [0.25, 0.3) is 0 Å². The average molecular weight is 417 g/mol. The SMILES string of the molecule is CCOc1cc(/C=C/C(=O)N2CCCC2c2cccc(OC)c2)ccc1OC(F)F. The Labute approximate surface area is 174 Å². The molecule has 2 aromatic carbocycles. The van der Waals surface area contributed by atoms with Gasteiger partial charge in [0, 0.05) is 12.6 Å². The largest absolute Gasteiger partial charge is 0.497 e. The van der Waals surface area contributed by atoms with Crippen LogP contribution in [0.5, 0.6) is 17.2 Å². The normalized spacial score (nSPS) is 16.3. The van der Waals surface area contributed by atoms with Crippen LogP contribution < -0.4 is 14.2 Å². The number of ether oxygens (including phenoxy) is 3. The summed E-state index contributed by atoms with van der Waals surface area (Å²) in [5.74, 6) is 0.832. The molecule has 0 bridgehead atoms. The number of carbonyl (C=O) groups excluding carboxylic acids is 1. The van der Waals surface area contributed by atoms with Crippen LogP contribution in [0.15, 0.2) is 48.5 Å². The second kappa shape index (κ2) is 10.1. The Morgan fingerprint density at radius 1 is 1.23 bits per heavy atom. The molecule has 3 rings (SSSR count). The van der Waals surface area contributed by atoms with Crippen molar-refractivity contribution in [3.63, 3.8) is 0 Å². The molecular formula is C23H25F2NO4.